The maximum absolute atomic E-state index is 12.4. The molecule has 0 saturated carbocycles. The predicted octanol–water partition coefficient (Wildman–Crippen LogP) is 3.98. The molecule has 3 heteroatoms. The minimum atomic E-state index is -0.0706. The molecule has 0 spiro atoms. The summed E-state index contributed by atoms with van der Waals surface area (Å²) in [5.41, 5.74) is 1.48. The van der Waals surface area contributed by atoms with E-state index in [1.165, 1.54) is 0 Å². The first-order valence-corrected chi connectivity index (χ1v) is 6.00. The lowest BCUT2D eigenvalue weighted by Gasteiger charge is -2.03. The molecule has 0 bridgehead atoms. The summed E-state index contributed by atoms with van der Waals surface area (Å²) in [7, 11) is 0. The lowest BCUT2D eigenvalue weighted by molar-refractivity contribution is 0.0965. The van der Waals surface area contributed by atoms with Gasteiger partial charge in [0.15, 0.2) is 0 Å². The summed E-state index contributed by atoms with van der Waals surface area (Å²) in [5.74, 6) is -0.0706. The maximum atomic E-state index is 12.4. The van der Waals surface area contributed by atoms with Crippen molar-refractivity contribution in [3.63, 3.8) is 0 Å². The highest BCUT2D eigenvalue weighted by molar-refractivity contribution is 6.36. The van der Waals surface area contributed by atoms with Gasteiger partial charge < -0.3 is 0 Å². The summed E-state index contributed by atoms with van der Waals surface area (Å²) in [6.07, 6.45) is 1.67. The Bertz CT molecular complexity index is 716. The van der Waals surface area contributed by atoms with Gasteiger partial charge in [0.25, 0.3) is 5.91 Å². The molecule has 1 heterocycles. The van der Waals surface area contributed by atoms with E-state index in [1.54, 1.807) is 22.9 Å². The molecule has 1 aromatic heterocycles. The predicted molar refractivity (Wildman–Crippen MR) is 73.1 cm³/mol. The molecule has 0 aliphatic carbocycles. The van der Waals surface area contributed by atoms with Crippen LogP contribution >= 0.6 is 11.6 Å². The van der Waals surface area contributed by atoms with Gasteiger partial charge in [-0.15, -0.1) is 0 Å². The van der Waals surface area contributed by atoms with Crippen LogP contribution in [-0.4, -0.2) is 10.5 Å². The van der Waals surface area contributed by atoms with E-state index in [1.807, 2.05) is 42.5 Å². The number of rotatable bonds is 1. The smallest absolute Gasteiger partial charge is 0.262 e. The van der Waals surface area contributed by atoms with Crippen molar-refractivity contribution >= 4 is 28.4 Å². The van der Waals surface area contributed by atoms with Gasteiger partial charge in [0.1, 0.15) is 0 Å². The molecule has 0 N–H and O–H groups in total. The second-order valence-electron chi connectivity index (χ2n) is 4.04. The largest absolute Gasteiger partial charge is 0.282 e. The van der Waals surface area contributed by atoms with Gasteiger partial charge in [-0.1, -0.05) is 48.0 Å². The Hall–Kier alpha value is -2.06. The number of aromatic nitrogens is 1. The first-order chi connectivity index (χ1) is 8.77. The summed E-state index contributed by atoms with van der Waals surface area (Å²) in [4.78, 5) is 12.4. The summed E-state index contributed by atoms with van der Waals surface area (Å²) < 4.78 is 1.59. The normalized spacial score (nSPS) is 10.7. The van der Waals surface area contributed by atoms with E-state index in [2.05, 4.69) is 0 Å². The Labute approximate surface area is 109 Å². The van der Waals surface area contributed by atoms with Gasteiger partial charge in [0, 0.05) is 17.1 Å². The third-order valence-electron chi connectivity index (χ3n) is 2.90. The number of para-hydroxylation sites is 1. The maximum Gasteiger partial charge on any atom is 0.262 e. The minimum absolute atomic E-state index is 0.0706. The van der Waals surface area contributed by atoms with Crippen molar-refractivity contribution in [1.29, 1.82) is 0 Å². The van der Waals surface area contributed by atoms with E-state index >= 15 is 0 Å². The number of carbonyl (C=O) groups excluding carboxylic acids is 1. The number of hydrogen-bond acceptors (Lipinski definition) is 1. The molecule has 0 saturated heterocycles. The Kier molecular flexibility index (Phi) is 2.65. The van der Waals surface area contributed by atoms with Crippen LogP contribution in [0.4, 0.5) is 0 Å². The third-order valence-corrected chi connectivity index (χ3v) is 3.20. The number of fused-ring (bicyclic) bond motifs is 1. The van der Waals surface area contributed by atoms with Gasteiger partial charge in [0.2, 0.25) is 0 Å². The van der Waals surface area contributed by atoms with Crippen LogP contribution in [0.1, 0.15) is 10.4 Å². The van der Waals surface area contributed by atoms with Crippen LogP contribution < -0.4 is 0 Å². The molecule has 2 nitrogen and oxygen atoms in total. The Balaban J connectivity index is 2.19. The molecule has 0 aliphatic rings. The highest BCUT2D eigenvalue weighted by atomic mass is 35.5. The highest BCUT2D eigenvalue weighted by Gasteiger charge is 2.13. The van der Waals surface area contributed by atoms with Crippen molar-refractivity contribution in [3.8, 4) is 0 Å². The van der Waals surface area contributed by atoms with Crippen molar-refractivity contribution in [2.45, 2.75) is 0 Å². The van der Waals surface area contributed by atoms with E-state index < -0.39 is 0 Å². The van der Waals surface area contributed by atoms with Crippen LogP contribution in [0, 0.1) is 0 Å². The number of benzene rings is 2. The summed E-state index contributed by atoms with van der Waals surface area (Å²) >= 11 is 6.14. The molecule has 3 rings (SSSR count). The molecule has 0 fully saturated rings. The molecule has 18 heavy (non-hydrogen) atoms. The monoisotopic (exact) mass is 255 g/mol. The molecule has 88 valence electrons. The lowest BCUT2D eigenvalue weighted by Crippen LogP contribution is -2.10. The Morgan fingerprint density at radius 3 is 2.39 bits per heavy atom. The van der Waals surface area contributed by atoms with E-state index in [4.69, 9.17) is 11.6 Å². The van der Waals surface area contributed by atoms with Crippen molar-refractivity contribution < 1.29 is 4.79 Å². The number of carbonyl (C=O) groups is 1. The Morgan fingerprint density at radius 2 is 1.61 bits per heavy atom. The summed E-state index contributed by atoms with van der Waals surface area (Å²) in [6, 6.07) is 16.8. The molecule has 0 radical (unpaired) electrons. The van der Waals surface area contributed by atoms with Crippen molar-refractivity contribution in [3.05, 3.63) is 71.4 Å². The molecular formula is C15H10ClNO. The van der Waals surface area contributed by atoms with E-state index in [0.29, 0.717) is 10.6 Å². The fourth-order valence-electron chi connectivity index (χ4n) is 2.03. The first-order valence-electron chi connectivity index (χ1n) is 5.63. The average molecular weight is 256 g/mol. The second-order valence-corrected chi connectivity index (χ2v) is 4.44. The Morgan fingerprint density at radius 1 is 0.944 bits per heavy atom. The average Bonchev–Trinajstić information content (AvgIpc) is 2.77. The topological polar surface area (TPSA) is 22.0 Å². The van der Waals surface area contributed by atoms with Crippen LogP contribution in [0.25, 0.3) is 10.9 Å². The van der Waals surface area contributed by atoms with Gasteiger partial charge >= 0.3 is 0 Å². The molecule has 0 aliphatic heterocycles. The van der Waals surface area contributed by atoms with Gasteiger partial charge in [-0.2, -0.15) is 0 Å². The second kappa shape index (κ2) is 4.31. The molecule has 0 atom stereocenters. The highest BCUT2D eigenvalue weighted by Crippen LogP contribution is 2.26. The number of halogens is 1. The van der Waals surface area contributed by atoms with E-state index in [9.17, 15) is 4.79 Å². The van der Waals surface area contributed by atoms with Crippen molar-refractivity contribution in [2.75, 3.05) is 0 Å². The van der Waals surface area contributed by atoms with Crippen molar-refractivity contribution in [1.82, 2.24) is 4.57 Å². The van der Waals surface area contributed by atoms with Crippen LogP contribution in [0.3, 0.4) is 0 Å². The number of hydrogen-bond donors (Lipinski definition) is 0. The molecular weight excluding hydrogens is 246 g/mol. The van der Waals surface area contributed by atoms with Crippen LogP contribution in [0.15, 0.2) is 60.8 Å². The molecule has 0 amide bonds. The van der Waals surface area contributed by atoms with Crippen molar-refractivity contribution in [2.24, 2.45) is 0 Å². The molecule has 3 aromatic rings. The standard InChI is InChI=1S/C15H10ClNO/c16-13-10-17(14-9-5-4-8-12(13)14)15(18)11-6-2-1-3-7-11/h1-10H. The SMILES string of the molecule is O=C(c1ccccc1)n1cc(Cl)c2ccccc21. The zero-order valence-corrected chi connectivity index (χ0v) is 10.3. The van der Waals surface area contributed by atoms with E-state index in [0.717, 1.165) is 10.9 Å². The molecule has 0 unspecified atom stereocenters. The zero-order valence-electron chi connectivity index (χ0n) is 9.51. The van der Waals surface area contributed by atoms with Crippen LogP contribution in [-0.2, 0) is 0 Å². The minimum Gasteiger partial charge on any atom is -0.282 e. The van der Waals surface area contributed by atoms with Gasteiger partial charge in [0.05, 0.1) is 10.5 Å². The fourth-order valence-corrected chi connectivity index (χ4v) is 2.28. The quantitative estimate of drug-likeness (QED) is 0.645. The summed E-state index contributed by atoms with van der Waals surface area (Å²) in [6.45, 7) is 0. The van der Waals surface area contributed by atoms with Crippen LogP contribution in [0.5, 0.6) is 0 Å². The van der Waals surface area contributed by atoms with Gasteiger partial charge in [-0.25, -0.2) is 0 Å². The van der Waals surface area contributed by atoms with Gasteiger partial charge in [-0.3, -0.25) is 9.36 Å². The molecule has 2 aromatic carbocycles. The summed E-state index contributed by atoms with van der Waals surface area (Å²) in [5, 5.41) is 1.48. The van der Waals surface area contributed by atoms with Gasteiger partial charge in [-0.05, 0) is 18.2 Å². The van der Waals surface area contributed by atoms with Crippen LogP contribution in [0.2, 0.25) is 5.02 Å². The number of nitrogens with zero attached hydrogens (tertiary/aromatic N) is 1. The third kappa shape index (κ3) is 1.71. The van der Waals surface area contributed by atoms with E-state index in [-0.39, 0.29) is 5.91 Å². The zero-order chi connectivity index (χ0) is 12.5. The fraction of sp³-hybridized carbons (Fsp3) is 0. The first kappa shape index (κ1) is 11.1. The lowest BCUT2D eigenvalue weighted by atomic mass is 10.2.